The topological polar surface area (TPSA) is 50.4 Å². The molecule has 0 aromatic heterocycles. The minimum atomic E-state index is -0.0575. The van der Waals surface area contributed by atoms with Crippen molar-refractivity contribution in [3.8, 4) is 5.75 Å². The highest BCUT2D eigenvalue weighted by molar-refractivity contribution is 6.02. The molecule has 0 aliphatic carbocycles. The average molecular weight is 310 g/mol. The molecular weight excluding hydrogens is 288 g/mol. The van der Waals surface area contributed by atoms with Crippen molar-refractivity contribution >= 4 is 22.8 Å². The Morgan fingerprint density at radius 2 is 2.13 bits per heavy atom. The molecule has 1 amide bonds. The van der Waals surface area contributed by atoms with Crippen LogP contribution in [0.15, 0.2) is 42.0 Å². The van der Waals surface area contributed by atoms with E-state index in [0.717, 1.165) is 40.7 Å². The van der Waals surface area contributed by atoms with Crippen molar-refractivity contribution in [1.29, 1.82) is 0 Å². The molecule has 2 N–H and O–H groups in total. The summed E-state index contributed by atoms with van der Waals surface area (Å²) >= 11 is 0. The molecule has 0 radical (unpaired) electrons. The lowest BCUT2D eigenvalue weighted by molar-refractivity contribution is -0.116. The molecule has 3 rings (SSSR count). The molecule has 1 heterocycles. The fourth-order valence-electron chi connectivity index (χ4n) is 2.73. The number of rotatable bonds is 6. The van der Waals surface area contributed by atoms with Gasteiger partial charge in [0, 0.05) is 12.1 Å². The zero-order valence-electron chi connectivity index (χ0n) is 13.4. The number of hydrogen-bond acceptors (Lipinski definition) is 3. The zero-order valence-corrected chi connectivity index (χ0v) is 13.4. The minimum Gasteiger partial charge on any atom is -0.494 e. The Morgan fingerprint density at radius 3 is 2.91 bits per heavy atom. The van der Waals surface area contributed by atoms with Crippen LogP contribution in [-0.4, -0.2) is 19.1 Å². The molecule has 1 aliphatic heterocycles. The van der Waals surface area contributed by atoms with Gasteiger partial charge in [0.05, 0.1) is 6.61 Å². The summed E-state index contributed by atoms with van der Waals surface area (Å²) < 4.78 is 5.82. The van der Waals surface area contributed by atoms with Crippen LogP contribution in [0.1, 0.15) is 31.7 Å². The molecule has 1 fully saturated rings. The number of nitrogens with one attached hydrogen (secondary N) is 2. The Balaban J connectivity index is 1.83. The first-order valence-corrected chi connectivity index (χ1v) is 8.17. The standard InChI is InChI=1S/C19H22N2O2/c1-2-3-4-10-23-17-8-9-18-14(6-5-7-15(18)12-17)11-16-13-20-21-19(16)22/h5-9,11-12,20H,2-4,10,13H2,1H3,(H,21,22)/b16-11+. The van der Waals surface area contributed by atoms with Crippen molar-refractivity contribution in [2.45, 2.75) is 26.2 Å². The molecule has 1 saturated heterocycles. The van der Waals surface area contributed by atoms with Crippen LogP contribution in [0.2, 0.25) is 0 Å². The monoisotopic (exact) mass is 310 g/mol. The number of unbranched alkanes of at least 4 members (excludes halogenated alkanes) is 2. The van der Waals surface area contributed by atoms with Crippen LogP contribution in [-0.2, 0) is 4.79 Å². The Morgan fingerprint density at radius 1 is 1.22 bits per heavy atom. The van der Waals surface area contributed by atoms with E-state index in [9.17, 15) is 4.79 Å². The second-order valence-corrected chi connectivity index (χ2v) is 5.76. The third kappa shape index (κ3) is 3.71. The first-order valence-electron chi connectivity index (χ1n) is 8.17. The first kappa shape index (κ1) is 15.6. The summed E-state index contributed by atoms with van der Waals surface area (Å²) in [4.78, 5) is 11.7. The molecule has 2 aromatic rings. The van der Waals surface area contributed by atoms with Crippen molar-refractivity contribution in [3.63, 3.8) is 0 Å². The summed E-state index contributed by atoms with van der Waals surface area (Å²) in [6.45, 7) is 3.50. The molecular formula is C19H22N2O2. The second-order valence-electron chi connectivity index (χ2n) is 5.76. The molecule has 120 valence electrons. The van der Waals surface area contributed by atoms with E-state index in [4.69, 9.17) is 4.74 Å². The van der Waals surface area contributed by atoms with Gasteiger partial charge in [0.2, 0.25) is 0 Å². The van der Waals surface area contributed by atoms with E-state index >= 15 is 0 Å². The van der Waals surface area contributed by atoms with Crippen molar-refractivity contribution in [1.82, 2.24) is 10.9 Å². The SMILES string of the molecule is CCCCCOc1ccc2c(/C=C3\CNNC3=O)cccc2c1. The average Bonchev–Trinajstić information content (AvgIpc) is 2.97. The van der Waals surface area contributed by atoms with Gasteiger partial charge in [-0.3, -0.25) is 10.2 Å². The van der Waals surface area contributed by atoms with E-state index in [1.54, 1.807) is 0 Å². The molecule has 23 heavy (non-hydrogen) atoms. The lowest BCUT2D eigenvalue weighted by Crippen LogP contribution is -2.25. The van der Waals surface area contributed by atoms with Crippen molar-refractivity contribution < 1.29 is 9.53 Å². The quantitative estimate of drug-likeness (QED) is 0.635. The Bertz CT molecular complexity index is 737. The number of amides is 1. The largest absolute Gasteiger partial charge is 0.494 e. The molecule has 0 bridgehead atoms. The van der Waals surface area contributed by atoms with Crippen molar-refractivity contribution in [2.75, 3.05) is 13.2 Å². The number of benzene rings is 2. The van der Waals surface area contributed by atoms with Gasteiger partial charge in [0.15, 0.2) is 0 Å². The van der Waals surface area contributed by atoms with E-state index in [1.807, 2.05) is 24.3 Å². The van der Waals surface area contributed by atoms with Gasteiger partial charge in [0.25, 0.3) is 5.91 Å². The highest BCUT2D eigenvalue weighted by Crippen LogP contribution is 2.26. The van der Waals surface area contributed by atoms with Gasteiger partial charge in [-0.15, -0.1) is 0 Å². The number of hydrazine groups is 1. The number of carbonyl (C=O) groups excluding carboxylic acids is 1. The van der Waals surface area contributed by atoms with Crippen LogP contribution in [0, 0.1) is 0 Å². The molecule has 0 spiro atoms. The molecule has 0 unspecified atom stereocenters. The Labute approximate surface area is 136 Å². The van der Waals surface area contributed by atoms with E-state index < -0.39 is 0 Å². The third-order valence-electron chi connectivity index (χ3n) is 4.00. The second kappa shape index (κ2) is 7.29. The maximum absolute atomic E-state index is 11.7. The number of carbonyl (C=O) groups is 1. The molecule has 4 nitrogen and oxygen atoms in total. The maximum Gasteiger partial charge on any atom is 0.262 e. The third-order valence-corrected chi connectivity index (χ3v) is 4.00. The highest BCUT2D eigenvalue weighted by atomic mass is 16.5. The van der Waals surface area contributed by atoms with E-state index in [0.29, 0.717) is 6.54 Å². The zero-order chi connectivity index (χ0) is 16.1. The van der Waals surface area contributed by atoms with Gasteiger partial charge >= 0.3 is 0 Å². The summed E-state index contributed by atoms with van der Waals surface area (Å²) in [6, 6.07) is 12.2. The summed E-state index contributed by atoms with van der Waals surface area (Å²) in [5.41, 5.74) is 7.25. The fraction of sp³-hybridized carbons (Fsp3) is 0.316. The summed E-state index contributed by atoms with van der Waals surface area (Å²) in [7, 11) is 0. The summed E-state index contributed by atoms with van der Waals surface area (Å²) in [5.74, 6) is 0.844. The fourth-order valence-corrected chi connectivity index (χ4v) is 2.73. The Hall–Kier alpha value is -2.33. The highest BCUT2D eigenvalue weighted by Gasteiger charge is 2.15. The van der Waals surface area contributed by atoms with Gasteiger partial charge < -0.3 is 4.74 Å². The van der Waals surface area contributed by atoms with Gasteiger partial charge in [-0.25, -0.2) is 5.43 Å². The molecule has 1 aliphatic rings. The first-order chi connectivity index (χ1) is 11.3. The summed E-state index contributed by atoms with van der Waals surface area (Å²) in [5, 5.41) is 2.25. The number of ether oxygens (including phenoxy) is 1. The van der Waals surface area contributed by atoms with Crippen LogP contribution < -0.4 is 15.6 Å². The lowest BCUT2D eigenvalue weighted by Gasteiger charge is -2.08. The van der Waals surface area contributed by atoms with Crippen LogP contribution >= 0.6 is 0 Å². The van der Waals surface area contributed by atoms with Crippen LogP contribution in [0.25, 0.3) is 16.8 Å². The Kier molecular flexibility index (Phi) is 4.93. The van der Waals surface area contributed by atoms with Crippen LogP contribution in [0.4, 0.5) is 0 Å². The van der Waals surface area contributed by atoms with Crippen molar-refractivity contribution in [3.05, 3.63) is 47.5 Å². The number of fused-ring (bicyclic) bond motifs is 1. The van der Waals surface area contributed by atoms with E-state index in [1.165, 1.54) is 12.8 Å². The van der Waals surface area contributed by atoms with Gasteiger partial charge in [-0.2, -0.15) is 0 Å². The van der Waals surface area contributed by atoms with Gasteiger partial charge in [-0.1, -0.05) is 44.0 Å². The van der Waals surface area contributed by atoms with E-state index in [-0.39, 0.29) is 5.91 Å². The normalized spacial score (nSPS) is 16.0. The molecule has 0 saturated carbocycles. The summed E-state index contributed by atoms with van der Waals surface area (Å²) in [6.07, 6.45) is 5.42. The molecule has 0 atom stereocenters. The lowest BCUT2D eigenvalue weighted by atomic mass is 10.0. The van der Waals surface area contributed by atoms with Crippen LogP contribution in [0.3, 0.4) is 0 Å². The van der Waals surface area contributed by atoms with E-state index in [2.05, 4.69) is 36.0 Å². The smallest absolute Gasteiger partial charge is 0.262 e. The van der Waals surface area contributed by atoms with Gasteiger partial charge in [-0.05, 0) is 41.0 Å². The van der Waals surface area contributed by atoms with Crippen LogP contribution in [0.5, 0.6) is 5.75 Å². The molecule has 4 heteroatoms. The van der Waals surface area contributed by atoms with Crippen molar-refractivity contribution in [2.24, 2.45) is 0 Å². The molecule has 2 aromatic carbocycles. The predicted molar refractivity (Wildman–Crippen MR) is 93.1 cm³/mol. The minimum absolute atomic E-state index is 0.0575. The predicted octanol–water partition coefficient (Wildman–Crippen LogP) is 3.43. The van der Waals surface area contributed by atoms with Gasteiger partial charge in [0.1, 0.15) is 5.75 Å². The maximum atomic E-state index is 11.7. The number of hydrogen-bond donors (Lipinski definition) is 2.